The standard InChI is InChI=1S/C17H17N3/c18-12-9-15-14-6-1-2-7-16(14)20(17(15)10-12)11-13-5-3-4-8-19-13/h1-8,12H,9-11,18H2/t12-/m0/s1. The Kier molecular flexibility index (Phi) is 2.60. The molecule has 1 aromatic carbocycles. The number of benzene rings is 1. The average molecular weight is 263 g/mol. The summed E-state index contributed by atoms with van der Waals surface area (Å²) in [7, 11) is 0. The maximum Gasteiger partial charge on any atom is 0.0651 e. The molecule has 0 bridgehead atoms. The number of hydrogen-bond donors (Lipinski definition) is 1. The van der Waals surface area contributed by atoms with Crippen molar-refractivity contribution in [1.29, 1.82) is 0 Å². The normalized spacial score (nSPS) is 17.6. The molecule has 0 amide bonds. The van der Waals surface area contributed by atoms with Gasteiger partial charge in [0.25, 0.3) is 0 Å². The molecular weight excluding hydrogens is 246 g/mol. The SMILES string of the molecule is N[C@H]1Cc2c(n(Cc3ccccn3)c3ccccc23)C1. The summed E-state index contributed by atoms with van der Waals surface area (Å²) in [6.07, 6.45) is 3.81. The quantitative estimate of drug-likeness (QED) is 0.772. The molecule has 0 saturated heterocycles. The molecule has 3 heteroatoms. The minimum absolute atomic E-state index is 0.264. The Morgan fingerprint density at radius 2 is 1.95 bits per heavy atom. The van der Waals surface area contributed by atoms with E-state index in [2.05, 4.69) is 39.9 Å². The van der Waals surface area contributed by atoms with Crippen LogP contribution in [0.3, 0.4) is 0 Å². The van der Waals surface area contributed by atoms with Crippen LogP contribution in [0.2, 0.25) is 0 Å². The van der Waals surface area contributed by atoms with E-state index < -0.39 is 0 Å². The molecule has 0 unspecified atom stereocenters. The van der Waals surface area contributed by atoms with E-state index >= 15 is 0 Å². The second-order valence-electron chi connectivity index (χ2n) is 5.52. The first-order valence-corrected chi connectivity index (χ1v) is 7.07. The Balaban J connectivity index is 1.88. The number of rotatable bonds is 2. The van der Waals surface area contributed by atoms with Gasteiger partial charge in [-0.05, 0) is 30.2 Å². The van der Waals surface area contributed by atoms with E-state index in [9.17, 15) is 0 Å². The van der Waals surface area contributed by atoms with Crippen LogP contribution in [-0.2, 0) is 19.4 Å². The predicted octanol–water partition coefficient (Wildman–Crippen LogP) is 2.51. The second-order valence-corrected chi connectivity index (χ2v) is 5.52. The molecule has 20 heavy (non-hydrogen) atoms. The van der Waals surface area contributed by atoms with E-state index in [4.69, 9.17) is 5.73 Å². The molecule has 2 heterocycles. The molecule has 0 fully saturated rings. The van der Waals surface area contributed by atoms with Crippen LogP contribution < -0.4 is 5.73 Å². The zero-order chi connectivity index (χ0) is 13.5. The Hall–Kier alpha value is -2.13. The van der Waals surface area contributed by atoms with Crippen molar-refractivity contribution in [3.05, 3.63) is 65.6 Å². The Bertz CT molecular complexity index is 759. The zero-order valence-corrected chi connectivity index (χ0v) is 11.3. The highest BCUT2D eigenvalue weighted by molar-refractivity contribution is 5.86. The number of fused-ring (bicyclic) bond motifs is 3. The summed E-state index contributed by atoms with van der Waals surface area (Å²) in [5, 5.41) is 1.35. The summed E-state index contributed by atoms with van der Waals surface area (Å²) in [6, 6.07) is 15.0. The summed E-state index contributed by atoms with van der Waals surface area (Å²) in [5.41, 5.74) is 11.4. The Labute approximate surface area is 118 Å². The maximum atomic E-state index is 6.15. The van der Waals surface area contributed by atoms with Gasteiger partial charge >= 0.3 is 0 Å². The van der Waals surface area contributed by atoms with Crippen LogP contribution >= 0.6 is 0 Å². The zero-order valence-electron chi connectivity index (χ0n) is 11.3. The van der Waals surface area contributed by atoms with Crippen molar-refractivity contribution in [2.24, 2.45) is 5.73 Å². The topological polar surface area (TPSA) is 43.8 Å². The first-order valence-electron chi connectivity index (χ1n) is 7.07. The first-order chi connectivity index (χ1) is 9.83. The van der Waals surface area contributed by atoms with Crippen LogP contribution in [0.1, 0.15) is 17.0 Å². The summed E-state index contributed by atoms with van der Waals surface area (Å²) < 4.78 is 2.39. The minimum Gasteiger partial charge on any atom is -0.338 e. The number of aromatic nitrogens is 2. The number of para-hydroxylation sites is 1. The molecule has 4 rings (SSSR count). The van der Waals surface area contributed by atoms with Crippen molar-refractivity contribution in [2.45, 2.75) is 25.4 Å². The molecular formula is C17H17N3. The molecule has 1 aliphatic rings. The van der Waals surface area contributed by atoms with Crippen LogP contribution in [0.4, 0.5) is 0 Å². The summed E-state index contributed by atoms with van der Waals surface area (Å²) in [6.45, 7) is 0.823. The van der Waals surface area contributed by atoms with Gasteiger partial charge in [-0.2, -0.15) is 0 Å². The molecule has 0 saturated carbocycles. The maximum absolute atomic E-state index is 6.15. The molecule has 100 valence electrons. The van der Waals surface area contributed by atoms with Crippen molar-refractivity contribution < 1.29 is 0 Å². The van der Waals surface area contributed by atoms with Crippen LogP contribution in [0, 0.1) is 0 Å². The molecule has 0 radical (unpaired) electrons. The lowest BCUT2D eigenvalue weighted by Gasteiger charge is -2.10. The van der Waals surface area contributed by atoms with Gasteiger partial charge in [0.05, 0.1) is 12.2 Å². The molecule has 2 N–H and O–H groups in total. The fourth-order valence-electron chi connectivity index (χ4n) is 3.31. The van der Waals surface area contributed by atoms with Gasteiger partial charge in [0, 0.05) is 35.3 Å². The smallest absolute Gasteiger partial charge is 0.0651 e. The highest BCUT2D eigenvalue weighted by Gasteiger charge is 2.26. The van der Waals surface area contributed by atoms with Crippen LogP contribution in [0.15, 0.2) is 48.7 Å². The van der Waals surface area contributed by atoms with Gasteiger partial charge in [-0.3, -0.25) is 4.98 Å². The molecule has 0 aliphatic heterocycles. The van der Waals surface area contributed by atoms with Crippen LogP contribution in [0.25, 0.3) is 10.9 Å². The van der Waals surface area contributed by atoms with Crippen molar-refractivity contribution in [3.8, 4) is 0 Å². The van der Waals surface area contributed by atoms with E-state index in [1.165, 1.54) is 22.2 Å². The van der Waals surface area contributed by atoms with Gasteiger partial charge in [-0.25, -0.2) is 0 Å². The minimum atomic E-state index is 0.264. The molecule has 1 atom stereocenters. The van der Waals surface area contributed by atoms with E-state index in [-0.39, 0.29) is 6.04 Å². The summed E-state index contributed by atoms with van der Waals surface area (Å²) in [5.74, 6) is 0. The molecule has 3 aromatic rings. The van der Waals surface area contributed by atoms with Gasteiger partial charge in [-0.15, -0.1) is 0 Å². The van der Waals surface area contributed by atoms with Crippen molar-refractivity contribution in [2.75, 3.05) is 0 Å². The van der Waals surface area contributed by atoms with E-state index in [0.29, 0.717) is 0 Å². The van der Waals surface area contributed by atoms with Gasteiger partial charge < -0.3 is 10.3 Å². The van der Waals surface area contributed by atoms with Crippen molar-refractivity contribution in [3.63, 3.8) is 0 Å². The lowest BCUT2D eigenvalue weighted by molar-refractivity contribution is 0.683. The fraction of sp³-hybridized carbons (Fsp3) is 0.235. The van der Waals surface area contributed by atoms with Crippen LogP contribution in [0.5, 0.6) is 0 Å². The Morgan fingerprint density at radius 3 is 2.80 bits per heavy atom. The fourth-order valence-corrected chi connectivity index (χ4v) is 3.31. The summed E-state index contributed by atoms with van der Waals surface area (Å²) >= 11 is 0. The average Bonchev–Trinajstić information content (AvgIpc) is 2.98. The monoisotopic (exact) mass is 263 g/mol. The van der Waals surface area contributed by atoms with Crippen LogP contribution in [-0.4, -0.2) is 15.6 Å². The largest absolute Gasteiger partial charge is 0.338 e. The lowest BCUT2D eigenvalue weighted by Crippen LogP contribution is -2.20. The van der Waals surface area contributed by atoms with Crippen molar-refractivity contribution in [1.82, 2.24) is 9.55 Å². The number of nitrogens with two attached hydrogens (primary N) is 1. The highest BCUT2D eigenvalue weighted by Crippen LogP contribution is 2.33. The summed E-state index contributed by atoms with van der Waals surface area (Å²) in [4.78, 5) is 4.45. The van der Waals surface area contributed by atoms with Gasteiger partial charge in [0.15, 0.2) is 0 Å². The van der Waals surface area contributed by atoms with Gasteiger partial charge in [0.2, 0.25) is 0 Å². The molecule has 0 spiro atoms. The van der Waals surface area contributed by atoms with Gasteiger partial charge in [0.1, 0.15) is 0 Å². The second kappa shape index (κ2) is 4.46. The molecule has 3 nitrogen and oxygen atoms in total. The molecule has 1 aliphatic carbocycles. The van der Waals surface area contributed by atoms with Crippen molar-refractivity contribution >= 4 is 10.9 Å². The third-order valence-corrected chi connectivity index (χ3v) is 4.16. The lowest BCUT2D eigenvalue weighted by atomic mass is 10.1. The van der Waals surface area contributed by atoms with E-state index in [0.717, 1.165) is 25.1 Å². The number of nitrogens with zero attached hydrogens (tertiary/aromatic N) is 2. The highest BCUT2D eigenvalue weighted by atomic mass is 15.0. The first kappa shape index (κ1) is 11.7. The third-order valence-electron chi connectivity index (χ3n) is 4.16. The predicted molar refractivity (Wildman–Crippen MR) is 80.7 cm³/mol. The third kappa shape index (κ3) is 1.74. The molecule has 2 aromatic heterocycles. The van der Waals surface area contributed by atoms with E-state index in [1.807, 2.05) is 18.3 Å². The van der Waals surface area contributed by atoms with E-state index in [1.54, 1.807) is 0 Å². The number of hydrogen-bond acceptors (Lipinski definition) is 2. The number of pyridine rings is 1. The van der Waals surface area contributed by atoms with Gasteiger partial charge in [-0.1, -0.05) is 24.3 Å². The Morgan fingerprint density at radius 1 is 1.10 bits per heavy atom.